The number of unbranched alkanes of at least 4 members (excludes halogenated alkanes) is 2. The Balaban J connectivity index is 0.00000544. The van der Waals surface area contributed by atoms with E-state index in [1.807, 2.05) is 13.8 Å². The van der Waals surface area contributed by atoms with Crippen molar-refractivity contribution in [1.29, 1.82) is 0 Å². The topological polar surface area (TPSA) is 86.7 Å². The molecule has 0 saturated heterocycles. The van der Waals surface area contributed by atoms with Crippen molar-refractivity contribution in [2.75, 3.05) is 13.2 Å². The summed E-state index contributed by atoms with van der Waals surface area (Å²) >= 11 is 0. The summed E-state index contributed by atoms with van der Waals surface area (Å²) in [5.41, 5.74) is -0.894. The van der Waals surface area contributed by atoms with E-state index in [0.717, 1.165) is 12.8 Å². The Morgan fingerprint density at radius 3 is 1.24 bits per heavy atom. The number of carbonyl (C=O) groups excluding carboxylic acids is 4. The van der Waals surface area contributed by atoms with Gasteiger partial charge >= 0.3 is 35.8 Å². The quantitative estimate of drug-likeness (QED) is 0.0751. The van der Waals surface area contributed by atoms with Gasteiger partial charge in [-0.3, -0.25) is 9.59 Å². The molecule has 0 unspecified atom stereocenters. The Bertz CT molecular complexity index is 887. The van der Waals surface area contributed by atoms with Crippen LogP contribution in [0.5, 0.6) is 0 Å². The van der Waals surface area contributed by atoms with Gasteiger partial charge < -0.3 is 9.47 Å². The third kappa shape index (κ3) is 8.27. The van der Waals surface area contributed by atoms with Crippen molar-refractivity contribution in [3.05, 3.63) is 82.9 Å². The van der Waals surface area contributed by atoms with Crippen LogP contribution in [0.4, 0.5) is 0 Å². The van der Waals surface area contributed by atoms with Crippen LogP contribution < -0.4 is 0 Å². The van der Waals surface area contributed by atoms with Crippen LogP contribution in [0.3, 0.4) is 0 Å². The molecule has 2 radical (unpaired) electrons. The molecule has 0 fully saturated rings. The van der Waals surface area contributed by atoms with Gasteiger partial charge in [-0.05, 0) is 12.8 Å². The van der Waals surface area contributed by atoms with E-state index in [-0.39, 0.29) is 48.2 Å². The maximum absolute atomic E-state index is 13.3. The number of ether oxygens (including phenoxy) is 2. The van der Waals surface area contributed by atoms with Crippen LogP contribution in [0.1, 0.15) is 60.2 Å². The van der Waals surface area contributed by atoms with Crippen molar-refractivity contribution in [1.82, 2.24) is 0 Å². The van der Waals surface area contributed by atoms with E-state index in [9.17, 15) is 19.2 Å². The third-order valence-corrected chi connectivity index (χ3v) is 4.65. The van der Waals surface area contributed by atoms with Crippen molar-refractivity contribution < 1.29 is 28.7 Å². The van der Waals surface area contributed by atoms with E-state index < -0.39 is 34.7 Å². The van der Waals surface area contributed by atoms with Crippen LogP contribution in [0.2, 0.25) is 0 Å². The molecule has 33 heavy (non-hydrogen) atoms. The summed E-state index contributed by atoms with van der Waals surface area (Å²) in [4.78, 5) is 52.6. The fourth-order valence-electron chi connectivity index (χ4n) is 2.85. The molecule has 0 aliphatic carbocycles. The summed E-state index contributed by atoms with van der Waals surface area (Å²) in [6, 6.07) is 16.0. The molecule has 0 aliphatic rings. The summed E-state index contributed by atoms with van der Waals surface area (Å²) in [7, 11) is 0. The molecule has 2 aromatic rings. The van der Waals surface area contributed by atoms with E-state index in [1.165, 1.54) is 24.3 Å². The molecule has 0 aromatic heterocycles. The second-order valence-corrected chi connectivity index (χ2v) is 7.12. The number of rotatable bonds is 12. The normalized spacial score (nSPS) is 11.0. The fraction of sp³-hybridized carbons (Fsp3) is 0.308. The number of hydrogen-bond acceptors (Lipinski definition) is 6. The molecule has 174 valence electrons. The monoisotopic (exact) mass is 558 g/mol. The van der Waals surface area contributed by atoms with Gasteiger partial charge in [-0.2, -0.15) is 0 Å². The van der Waals surface area contributed by atoms with Crippen LogP contribution in [0.15, 0.2) is 71.8 Å². The first-order valence-corrected chi connectivity index (χ1v) is 10.8. The SMILES string of the molecule is CCCCOC(=O)/C(C(=O)c1ccccc1)=C(\C(=O)OCCCC)C(=O)c1ccccc1.[SnH2]. The Labute approximate surface area is 211 Å². The summed E-state index contributed by atoms with van der Waals surface area (Å²) in [5.74, 6) is -3.56. The molecule has 0 bridgehead atoms. The summed E-state index contributed by atoms with van der Waals surface area (Å²) in [6.07, 6.45) is 2.71. The van der Waals surface area contributed by atoms with Crippen molar-refractivity contribution in [3.63, 3.8) is 0 Å². The zero-order valence-electron chi connectivity index (χ0n) is 19.2. The molecule has 0 heterocycles. The summed E-state index contributed by atoms with van der Waals surface area (Å²) < 4.78 is 10.5. The zero-order chi connectivity index (χ0) is 23.3. The molecule has 2 rings (SSSR count). The van der Waals surface area contributed by atoms with Gasteiger partial charge in [0.15, 0.2) is 0 Å². The van der Waals surface area contributed by atoms with Crippen molar-refractivity contribution in [2.45, 2.75) is 39.5 Å². The molecule has 6 nitrogen and oxygen atoms in total. The van der Waals surface area contributed by atoms with Gasteiger partial charge in [-0.1, -0.05) is 87.4 Å². The number of Topliss-reactive ketones (excluding diaryl/α,β-unsaturated/α-hetero) is 2. The average Bonchev–Trinajstić information content (AvgIpc) is 2.83. The van der Waals surface area contributed by atoms with Crippen LogP contribution in [-0.2, 0) is 19.1 Å². The minimum atomic E-state index is -1.01. The molecule has 0 atom stereocenters. The van der Waals surface area contributed by atoms with Gasteiger partial charge in [-0.15, -0.1) is 0 Å². The first-order valence-electron chi connectivity index (χ1n) is 10.8. The van der Waals surface area contributed by atoms with E-state index in [2.05, 4.69) is 0 Å². The first kappa shape index (κ1) is 28.3. The predicted octanol–water partition coefficient (Wildman–Crippen LogP) is 3.82. The minimum absolute atomic E-state index is 0. The van der Waals surface area contributed by atoms with Crippen LogP contribution in [0.25, 0.3) is 0 Å². The second kappa shape index (κ2) is 15.2. The molecule has 2 aromatic carbocycles. The molecule has 0 saturated carbocycles. The van der Waals surface area contributed by atoms with E-state index in [4.69, 9.17) is 9.47 Å². The maximum atomic E-state index is 13.3. The van der Waals surface area contributed by atoms with Gasteiger partial charge in [0.05, 0.1) is 13.2 Å². The van der Waals surface area contributed by atoms with E-state index >= 15 is 0 Å². The number of esters is 2. The Morgan fingerprint density at radius 1 is 0.606 bits per heavy atom. The average molecular weight is 557 g/mol. The zero-order valence-corrected chi connectivity index (χ0v) is 23.2. The van der Waals surface area contributed by atoms with Gasteiger partial charge in [-0.25, -0.2) is 9.59 Å². The second-order valence-electron chi connectivity index (χ2n) is 7.12. The van der Waals surface area contributed by atoms with E-state index in [1.54, 1.807) is 36.4 Å². The van der Waals surface area contributed by atoms with Crippen LogP contribution in [-0.4, -0.2) is 60.6 Å². The molecular formula is C26H30O6Sn. The van der Waals surface area contributed by atoms with Crippen LogP contribution >= 0.6 is 0 Å². The third-order valence-electron chi connectivity index (χ3n) is 4.65. The number of hydrogen-bond donors (Lipinski definition) is 0. The summed E-state index contributed by atoms with van der Waals surface area (Å²) in [5, 5.41) is 0. The Kier molecular flexibility index (Phi) is 13.0. The van der Waals surface area contributed by atoms with E-state index in [0.29, 0.717) is 12.8 Å². The van der Waals surface area contributed by atoms with Gasteiger partial charge in [0.25, 0.3) is 0 Å². The molecular weight excluding hydrogens is 527 g/mol. The Hall–Kier alpha value is -2.74. The van der Waals surface area contributed by atoms with Crippen molar-refractivity contribution >= 4 is 47.4 Å². The molecule has 0 N–H and O–H groups in total. The standard InChI is InChI=1S/C26H28O6.Sn.2H/c1-3-5-17-31-25(29)21(23(27)19-13-9-7-10-14-19)22(26(30)32-18-6-4-2)24(28)20-15-11-8-12-16-20;;;/h7-16H,3-6,17-18H2,1-2H3;;;/b22-21-;;;. The molecule has 0 amide bonds. The predicted molar refractivity (Wildman–Crippen MR) is 129 cm³/mol. The van der Waals surface area contributed by atoms with Crippen molar-refractivity contribution in [2.24, 2.45) is 0 Å². The first-order chi connectivity index (χ1) is 15.5. The van der Waals surface area contributed by atoms with Crippen LogP contribution in [0, 0.1) is 0 Å². The molecule has 0 spiro atoms. The Morgan fingerprint density at radius 2 is 0.939 bits per heavy atom. The molecule has 7 heteroatoms. The fourth-order valence-corrected chi connectivity index (χ4v) is 2.85. The van der Waals surface area contributed by atoms with Gasteiger partial charge in [0.2, 0.25) is 11.6 Å². The number of benzene rings is 2. The number of ketones is 2. The summed E-state index contributed by atoms with van der Waals surface area (Å²) in [6.45, 7) is 3.99. The van der Waals surface area contributed by atoms with Gasteiger partial charge in [0, 0.05) is 11.1 Å². The molecule has 0 aliphatic heterocycles. The van der Waals surface area contributed by atoms with Gasteiger partial charge in [0.1, 0.15) is 11.1 Å². The number of carbonyl (C=O) groups is 4. The van der Waals surface area contributed by atoms with Crippen molar-refractivity contribution in [3.8, 4) is 0 Å².